The van der Waals surface area contributed by atoms with Gasteiger partial charge < -0.3 is 17.7 Å². The molecule has 1 rings (SSSR count). The maximum Gasteiger partial charge on any atom is 1.00 e. The van der Waals surface area contributed by atoms with Crippen LogP contribution in [-0.4, -0.2) is 24.1 Å². The molecule has 3 nitrogen and oxygen atoms in total. The van der Waals surface area contributed by atoms with Crippen LogP contribution in [0.5, 0.6) is 6.01 Å². The summed E-state index contributed by atoms with van der Waals surface area (Å²) in [5.41, 5.74) is -0.823. The topological polar surface area (TPSA) is 35.0 Å². The third-order valence-corrected chi connectivity index (χ3v) is 1.21. The second-order valence-electron chi connectivity index (χ2n) is 2.08. The molecule has 0 saturated heterocycles. The van der Waals surface area contributed by atoms with Crippen molar-refractivity contribution in [3.63, 3.8) is 0 Å². The van der Waals surface area contributed by atoms with Gasteiger partial charge in [-0.05, 0) is 0 Å². The Bertz CT molecular complexity index is 265. The van der Waals surface area contributed by atoms with E-state index < -0.39 is 12.4 Å². The minimum absolute atomic E-state index is 0. The van der Waals surface area contributed by atoms with Crippen LogP contribution in [0.15, 0.2) is 12.4 Å². The van der Waals surface area contributed by atoms with Crippen molar-refractivity contribution in [3.05, 3.63) is 12.4 Å². The number of methoxy groups -OCH3 is 1. The molecule has 0 fully saturated rings. The first kappa shape index (κ1) is 13.4. The molecule has 0 aliphatic heterocycles. The molecule has 0 spiro atoms. The Kier molecular flexibility index (Phi) is 5.45. The summed E-state index contributed by atoms with van der Waals surface area (Å²) in [6.07, 6.45) is 1.40. The molecule has 0 radical (unpaired) electrons. The Labute approximate surface area is 116 Å². The summed E-state index contributed by atoms with van der Waals surface area (Å²) in [7, 11) is 1.29. The first-order valence-electron chi connectivity index (χ1n) is 3.10. The van der Waals surface area contributed by atoms with Crippen molar-refractivity contribution < 1.29 is 69.1 Å². The van der Waals surface area contributed by atoms with E-state index in [0.29, 0.717) is 12.4 Å². The molecule has 1 aromatic heterocycles. The maximum absolute atomic E-state index is 12.0. The zero-order chi connectivity index (χ0) is 9.19. The van der Waals surface area contributed by atoms with Crippen LogP contribution in [0.3, 0.4) is 0 Å². The Balaban J connectivity index is 0.00000144. The summed E-state index contributed by atoms with van der Waals surface area (Å²) in [5.74, 6) is 0. The van der Waals surface area contributed by atoms with Gasteiger partial charge >= 0.3 is 64.4 Å². The molecule has 0 atom stereocenters. The Morgan fingerprint density at radius 2 is 1.69 bits per heavy atom. The molecule has 0 saturated carbocycles. The van der Waals surface area contributed by atoms with Crippen LogP contribution in [0.2, 0.25) is 0 Å². The molecule has 0 amide bonds. The molecular weight excluding hydrogens is 211 g/mol. The van der Waals surface area contributed by atoms with Crippen LogP contribution in [0.1, 0.15) is 0 Å². The van der Waals surface area contributed by atoms with Crippen LogP contribution < -0.4 is 61.6 Å². The third kappa shape index (κ3) is 3.94. The van der Waals surface area contributed by atoms with E-state index >= 15 is 0 Å². The quantitative estimate of drug-likeness (QED) is 0.514. The second kappa shape index (κ2) is 5.30. The van der Waals surface area contributed by atoms with E-state index in [1.165, 1.54) is 7.11 Å². The molecule has 66 valence electrons. The van der Waals surface area contributed by atoms with Crippen LogP contribution in [0.25, 0.3) is 0 Å². The minimum atomic E-state index is -5.01. The summed E-state index contributed by atoms with van der Waals surface area (Å²) in [4.78, 5) is 6.65. The van der Waals surface area contributed by atoms with Gasteiger partial charge in [0, 0.05) is 12.4 Å². The molecule has 13 heavy (non-hydrogen) atoms. The van der Waals surface area contributed by atoms with E-state index in [2.05, 4.69) is 14.7 Å². The van der Waals surface area contributed by atoms with Crippen molar-refractivity contribution in [2.24, 2.45) is 0 Å². The Hall–Kier alpha value is 0.371. The van der Waals surface area contributed by atoms with Crippen LogP contribution >= 0.6 is 0 Å². The zero-order valence-corrected chi connectivity index (χ0v) is 10.3. The van der Waals surface area contributed by atoms with Crippen molar-refractivity contribution in [1.29, 1.82) is 0 Å². The largest absolute Gasteiger partial charge is 1.00 e. The predicted molar refractivity (Wildman–Crippen MR) is 37.3 cm³/mol. The smallest absolute Gasteiger partial charge is 0.467 e. The molecule has 1 heterocycles. The first-order chi connectivity index (χ1) is 5.54. The van der Waals surface area contributed by atoms with Gasteiger partial charge in [0.15, 0.2) is 0 Å². The number of halogens is 3. The van der Waals surface area contributed by atoms with Crippen LogP contribution in [0, 0.1) is 0 Å². The van der Waals surface area contributed by atoms with E-state index in [0.717, 1.165) is 0 Å². The summed E-state index contributed by atoms with van der Waals surface area (Å²) in [6, 6.07) is -0.0706. The molecule has 0 aromatic carbocycles. The first-order valence-corrected chi connectivity index (χ1v) is 3.10. The van der Waals surface area contributed by atoms with Crippen molar-refractivity contribution in [3.8, 4) is 6.01 Å². The van der Waals surface area contributed by atoms with E-state index in [9.17, 15) is 12.9 Å². The van der Waals surface area contributed by atoms with E-state index in [1.54, 1.807) is 0 Å². The predicted octanol–water partition coefficient (Wildman–Crippen LogP) is -2.46. The van der Waals surface area contributed by atoms with E-state index in [-0.39, 0.29) is 57.4 Å². The molecule has 0 unspecified atom stereocenters. The van der Waals surface area contributed by atoms with Gasteiger partial charge in [-0.3, -0.25) is 0 Å². The Morgan fingerprint density at radius 1 is 1.23 bits per heavy atom. The van der Waals surface area contributed by atoms with Crippen LogP contribution in [-0.2, 0) is 0 Å². The van der Waals surface area contributed by atoms with Crippen molar-refractivity contribution >= 4 is 12.4 Å². The number of aromatic nitrogens is 2. The van der Waals surface area contributed by atoms with Gasteiger partial charge in [-0.2, -0.15) is 0 Å². The Morgan fingerprint density at radius 3 is 2.00 bits per heavy atom. The normalized spacial score (nSPS) is 10.5. The van der Waals surface area contributed by atoms with Crippen molar-refractivity contribution in [1.82, 2.24) is 9.97 Å². The zero-order valence-electron chi connectivity index (χ0n) is 7.17. The molecular formula is C5H5BF3KN2O. The van der Waals surface area contributed by atoms with Gasteiger partial charge in [0.05, 0.1) is 7.11 Å². The number of ether oxygens (including phenoxy) is 1. The number of hydrogen-bond acceptors (Lipinski definition) is 3. The monoisotopic (exact) mass is 216 g/mol. The van der Waals surface area contributed by atoms with Crippen molar-refractivity contribution in [2.45, 2.75) is 0 Å². The van der Waals surface area contributed by atoms with Crippen molar-refractivity contribution in [2.75, 3.05) is 7.11 Å². The second-order valence-corrected chi connectivity index (χ2v) is 2.08. The fourth-order valence-corrected chi connectivity index (χ4v) is 0.601. The molecule has 0 aliphatic carbocycles. The van der Waals surface area contributed by atoms with Gasteiger partial charge in [-0.25, -0.2) is 9.97 Å². The van der Waals surface area contributed by atoms with E-state index in [4.69, 9.17) is 0 Å². The standard InChI is InChI=1S/C5H5BF3N2O.K/c1-12-5-10-2-4(3-11-5)6(7,8)9;/h2-3H,1H3;/q-1;+1. The summed E-state index contributed by atoms with van der Waals surface area (Å²) in [5, 5.41) is 0. The van der Waals surface area contributed by atoms with Gasteiger partial charge in [-0.15, -0.1) is 0 Å². The third-order valence-electron chi connectivity index (χ3n) is 1.21. The summed E-state index contributed by atoms with van der Waals surface area (Å²) < 4.78 is 40.4. The average Bonchev–Trinajstić information content (AvgIpc) is 2.03. The number of rotatable bonds is 2. The average molecular weight is 216 g/mol. The van der Waals surface area contributed by atoms with Gasteiger partial charge in [0.25, 0.3) is 0 Å². The fraction of sp³-hybridized carbons (Fsp3) is 0.200. The molecule has 0 aliphatic rings. The number of hydrogen-bond donors (Lipinski definition) is 0. The number of nitrogens with zero attached hydrogens (tertiary/aromatic N) is 2. The van der Waals surface area contributed by atoms with Gasteiger partial charge in [0.2, 0.25) is 0 Å². The molecule has 8 heteroatoms. The molecule has 0 N–H and O–H groups in total. The minimum Gasteiger partial charge on any atom is -0.467 e. The molecule has 0 bridgehead atoms. The summed E-state index contributed by atoms with van der Waals surface area (Å²) in [6.45, 7) is -5.01. The molecule has 1 aromatic rings. The maximum atomic E-state index is 12.0. The van der Waals surface area contributed by atoms with Gasteiger partial charge in [0.1, 0.15) is 0 Å². The van der Waals surface area contributed by atoms with Crippen LogP contribution in [0.4, 0.5) is 12.9 Å². The fourth-order valence-electron chi connectivity index (χ4n) is 0.601. The van der Waals surface area contributed by atoms with E-state index in [1.807, 2.05) is 0 Å². The SMILES string of the molecule is COc1ncc([B-](F)(F)F)cn1.[K+]. The summed E-state index contributed by atoms with van der Waals surface area (Å²) >= 11 is 0. The van der Waals surface area contributed by atoms with Gasteiger partial charge in [-0.1, -0.05) is 5.46 Å².